The lowest BCUT2D eigenvalue weighted by atomic mass is 10.4. The van der Waals surface area contributed by atoms with Crippen LogP contribution in [0.2, 0.25) is 0 Å². The summed E-state index contributed by atoms with van der Waals surface area (Å²) in [5.41, 5.74) is 0.139. The van der Waals surface area contributed by atoms with Crippen LogP contribution in [0, 0.1) is 10.1 Å². The Morgan fingerprint density at radius 1 is 1.80 bits per heavy atom. The molecule has 1 rings (SSSR count). The van der Waals surface area contributed by atoms with Gasteiger partial charge in [-0.25, -0.2) is 0 Å². The Balaban J connectivity index is 3.13. The smallest absolute Gasteiger partial charge is 0.258 e. The second kappa shape index (κ2) is 2.62. The summed E-state index contributed by atoms with van der Waals surface area (Å²) in [6, 6.07) is 1.47. The van der Waals surface area contributed by atoms with E-state index < -0.39 is 4.92 Å². The van der Waals surface area contributed by atoms with Gasteiger partial charge < -0.3 is 0 Å². The zero-order valence-corrected chi connectivity index (χ0v) is 5.93. The average Bonchev–Trinajstić information content (AvgIpc) is 2.33. The first-order valence-corrected chi connectivity index (χ1v) is 3.48. The molecule has 0 aliphatic carbocycles. The minimum absolute atomic E-state index is 0.139. The third-order valence-corrected chi connectivity index (χ3v) is 1.96. The van der Waals surface area contributed by atoms with E-state index in [-0.39, 0.29) is 5.69 Å². The van der Waals surface area contributed by atoms with Crippen molar-refractivity contribution in [3.8, 4) is 0 Å². The second-order valence-electron chi connectivity index (χ2n) is 1.63. The van der Waals surface area contributed by atoms with E-state index in [1.165, 1.54) is 23.5 Å². The van der Waals surface area contributed by atoms with Crippen LogP contribution in [0.1, 0.15) is 4.88 Å². The molecule has 0 aliphatic rings. The molecule has 3 nitrogen and oxygen atoms in total. The van der Waals surface area contributed by atoms with Crippen molar-refractivity contribution in [1.82, 2.24) is 0 Å². The first-order chi connectivity index (χ1) is 4.75. The van der Waals surface area contributed by atoms with Gasteiger partial charge in [0.25, 0.3) is 5.69 Å². The molecule has 1 heterocycles. The lowest BCUT2D eigenvalue weighted by molar-refractivity contribution is -0.384. The van der Waals surface area contributed by atoms with Gasteiger partial charge in [-0.15, -0.1) is 11.3 Å². The van der Waals surface area contributed by atoms with Gasteiger partial charge in [-0.2, -0.15) is 0 Å². The molecule has 0 saturated carbocycles. The number of thiophene rings is 1. The summed E-state index contributed by atoms with van der Waals surface area (Å²) in [6.45, 7) is 3.45. The summed E-state index contributed by atoms with van der Waals surface area (Å²) in [4.78, 5) is 10.4. The molecule has 0 saturated heterocycles. The van der Waals surface area contributed by atoms with Crippen molar-refractivity contribution in [3.05, 3.63) is 33.0 Å². The fraction of sp³-hybridized carbons (Fsp3) is 0. The molecule has 0 amide bonds. The summed E-state index contributed by atoms with van der Waals surface area (Å²) in [5, 5.41) is 11.9. The van der Waals surface area contributed by atoms with Gasteiger partial charge in [0, 0.05) is 6.07 Å². The van der Waals surface area contributed by atoms with E-state index in [1.54, 1.807) is 5.38 Å². The highest BCUT2D eigenvalue weighted by Crippen LogP contribution is 2.24. The number of hydrogen-bond donors (Lipinski definition) is 0. The lowest BCUT2D eigenvalue weighted by Gasteiger charge is -1.84. The number of nitrogens with zero attached hydrogens (tertiary/aromatic N) is 1. The molecular formula is C6H5NO2S. The Hall–Kier alpha value is -1.16. The van der Waals surface area contributed by atoms with Crippen LogP contribution in [0.3, 0.4) is 0 Å². The highest BCUT2D eigenvalue weighted by atomic mass is 32.1. The van der Waals surface area contributed by atoms with Crippen molar-refractivity contribution in [2.45, 2.75) is 0 Å². The first-order valence-electron chi connectivity index (χ1n) is 2.60. The zero-order valence-electron chi connectivity index (χ0n) is 5.11. The summed E-state index contributed by atoms with van der Waals surface area (Å²) < 4.78 is 0. The van der Waals surface area contributed by atoms with Gasteiger partial charge in [0.15, 0.2) is 0 Å². The molecule has 10 heavy (non-hydrogen) atoms. The van der Waals surface area contributed by atoms with E-state index in [2.05, 4.69) is 6.58 Å². The molecule has 0 bridgehead atoms. The van der Waals surface area contributed by atoms with Crippen LogP contribution in [0.5, 0.6) is 0 Å². The van der Waals surface area contributed by atoms with E-state index in [1.807, 2.05) is 0 Å². The molecular weight excluding hydrogens is 150 g/mol. The predicted molar refractivity (Wildman–Crippen MR) is 41.1 cm³/mol. The number of nitro groups is 1. The number of rotatable bonds is 2. The van der Waals surface area contributed by atoms with E-state index in [0.29, 0.717) is 4.88 Å². The van der Waals surface area contributed by atoms with Crippen LogP contribution in [0.4, 0.5) is 5.69 Å². The van der Waals surface area contributed by atoms with Crippen LogP contribution in [-0.4, -0.2) is 4.92 Å². The highest BCUT2D eigenvalue weighted by molar-refractivity contribution is 7.11. The van der Waals surface area contributed by atoms with E-state index >= 15 is 0 Å². The fourth-order valence-electron chi connectivity index (χ4n) is 0.618. The predicted octanol–water partition coefficient (Wildman–Crippen LogP) is 2.30. The molecule has 0 radical (unpaired) electrons. The van der Waals surface area contributed by atoms with Crippen molar-refractivity contribution in [2.75, 3.05) is 0 Å². The van der Waals surface area contributed by atoms with Crippen molar-refractivity contribution < 1.29 is 4.92 Å². The van der Waals surface area contributed by atoms with E-state index in [9.17, 15) is 10.1 Å². The van der Waals surface area contributed by atoms with Crippen LogP contribution in [0.25, 0.3) is 6.08 Å². The van der Waals surface area contributed by atoms with Gasteiger partial charge in [-0.3, -0.25) is 10.1 Å². The monoisotopic (exact) mass is 155 g/mol. The summed E-state index contributed by atoms with van der Waals surface area (Å²) >= 11 is 1.32. The SMILES string of the molecule is C=Cc1sccc1[N+](=O)[O-]. The van der Waals surface area contributed by atoms with Crippen LogP contribution in [-0.2, 0) is 0 Å². The molecule has 1 aromatic rings. The maximum absolute atomic E-state index is 10.2. The molecule has 0 spiro atoms. The molecule has 0 atom stereocenters. The standard InChI is InChI=1S/C6H5NO2S/c1-2-6-5(7(8)9)3-4-10-6/h2-4H,1H2. The molecule has 0 aromatic carbocycles. The third-order valence-electron chi connectivity index (χ3n) is 1.06. The Morgan fingerprint density at radius 3 is 2.90 bits per heavy atom. The highest BCUT2D eigenvalue weighted by Gasteiger charge is 2.10. The largest absolute Gasteiger partial charge is 0.287 e. The Bertz CT molecular complexity index is 266. The lowest BCUT2D eigenvalue weighted by Crippen LogP contribution is -1.85. The van der Waals surface area contributed by atoms with Crippen molar-refractivity contribution in [2.24, 2.45) is 0 Å². The van der Waals surface area contributed by atoms with Gasteiger partial charge in [0.2, 0.25) is 0 Å². The second-order valence-corrected chi connectivity index (χ2v) is 2.58. The van der Waals surface area contributed by atoms with Crippen LogP contribution >= 0.6 is 11.3 Å². The van der Waals surface area contributed by atoms with E-state index in [4.69, 9.17) is 0 Å². The van der Waals surface area contributed by atoms with Gasteiger partial charge >= 0.3 is 0 Å². The van der Waals surface area contributed by atoms with Crippen molar-refractivity contribution in [1.29, 1.82) is 0 Å². The quantitative estimate of drug-likeness (QED) is 0.485. The van der Waals surface area contributed by atoms with Crippen molar-refractivity contribution in [3.63, 3.8) is 0 Å². The molecule has 0 N–H and O–H groups in total. The molecule has 52 valence electrons. The third kappa shape index (κ3) is 1.06. The van der Waals surface area contributed by atoms with Gasteiger partial charge in [0.05, 0.1) is 4.92 Å². The minimum Gasteiger partial charge on any atom is -0.258 e. The average molecular weight is 155 g/mol. The maximum Gasteiger partial charge on any atom is 0.287 e. The van der Waals surface area contributed by atoms with Gasteiger partial charge in [-0.1, -0.05) is 6.58 Å². The molecule has 0 aliphatic heterocycles. The minimum atomic E-state index is -0.409. The maximum atomic E-state index is 10.2. The summed E-state index contributed by atoms with van der Waals surface area (Å²) in [6.07, 6.45) is 1.49. The zero-order chi connectivity index (χ0) is 7.56. The summed E-state index contributed by atoms with van der Waals surface area (Å²) in [5.74, 6) is 0. The molecule has 0 unspecified atom stereocenters. The Labute approximate surface area is 61.8 Å². The van der Waals surface area contributed by atoms with Crippen molar-refractivity contribution >= 4 is 23.1 Å². The first kappa shape index (κ1) is 6.95. The van der Waals surface area contributed by atoms with Gasteiger partial charge in [0.1, 0.15) is 4.88 Å². The van der Waals surface area contributed by atoms with Crippen LogP contribution in [0.15, 0.2) is 18.0 Å². The Kier molecular flexibility index (Phi) is 1.82. The Morgan fingerprint density at radius 2 is 2.50 bits per heavy atom. The molecule has 0 fully saturated rings. The molecule has 4 heteroatoms. The number of hydrogen-bond acceptors (Lipinski definition) is 3. The van der Waals surface area contributed by atoms with Crippen LogP contribution < -0.4 is 0 Å². The molecule has 1 aromatic heterocycles. The van der Waals surface area contributed by atoms with E-state index in [0.717, 1.165) is 0 Å². The fourth-order valence-corrected chi connectivity index (χ4v) is 1.32. The summed E-state index contributed by atoms with van der Waals surface area (Å²) in [7, 11) is 0. The van der Waals surface area contributed by atoms with Gasteiger partial charge in [-0.05, 0) is 11.5 Å². The normalized spacial score (nSPS) is 9.20. The topological polar surface area (TPSA) is 43.1 Å².